The van der Waals surface area contributed by atoms with Gasteiger partial charge in [0.05, 0.1) is 10.9 Å². The number of pyridine rings is 1. The molecule has 0 amide bonds. The Morgan fingerprint density at radius 3 is 2.71 bits per heavy atom. The van der Waals surface area contributed by atoms with E-state index in [-0.39, 0.29) is 11.3 Å². The van der Waals surface area contributed by atoms with Gasteiger partial charge in [0.2, 0.25) is 0 Å². The number of fused-ring (bicyclic) bond motifs is 1. The van der Waals surface area contributed by atoms with E-state index in [0.29, 0.717) is 5.22 Å². The standard InChI is InChI=1S/C16H17N3OS/c1-2-11(17)15(13-8-5-6-10-18-13)21-16-19-12-7-3-4-9-14(12)20-16/h3-11,15H,2,17H2,1H3. The molecule has 2 N–H and O–H groups in total. The predicted molar refractivity (Wildman–Crippen MR) is 85.1 cm³/mol. The zero-order valence-corrected chi connectivity index (χ0v) is 12.6. The molecule has 0 spiro atoms. The molecule has 2 unspecified atom stereocenters. The highest BCUT2D eigenvalue weighted by Crippen LogP contribution is 2.37. The fraction of sp³-hybridized carbons (Fsp3) is 0.250. The van der Waals surface area contributed by atoms with Crippen LogP contribution in [0.5, 0.6) is 0 Å². The molecule has 1 aromatic carbocycles. The zero-order valence-electron chi connectivity index (χ0n) is 11.8. The molecule has 0 aliphatic rings. The maximum atomic E-state index is 6.26. The van der Waals surface area contributed by atoms with Crippen LogP contribution in [0.4, 0.5) is 0 Å². The minimum Gasteiger partial charge on any atom is -0.431 e. The minimum atomic E-state index is -0.0000813. The van der Waals surface area contributed by atoms with E-state index in [1.165, 1.54) is 11.8 Å². The van der Waals surface area contributed by atoms with E-state index in [9.17, 15) is 0 Å². The van der Waals surface area contributed by atoms with Crippen LogP contribution in [0.15, 0.2) is 58.3 Å². The number of benzene rings is 1. The van der Waals surface area contributed by atoms with Crippen molar-refractivity contribution in [3.05, 3.63) is 54.4 Å². The summed E-state index contributed by atoms with van der Waals surface area (Å²) in [5.74, 6) is 0. The molecule has 4 nitrogen and oxygen atoms in total. The van der Waals surface area contributed by atoms with Crippen molar-refractivity contribution in [2.75, 3.05) is 0 Å². The van der Waals surface area contributed by atoms with Crippen LogP contribution >= 0.6 is 11.8 Å². The Morgan fingerprint density at radius 2 is 2.00 bits per heavy atom. The first kappa shape index (κ1) is 14.1. The third-order valence-corrected chi connectivity index (χ3v) is 4.56. The van der Waals surface area contributed by atoms with Gasteiger partial charge in [0.1, 0.15) is 5.52 Å². The van der Waals surface area contributed by atoms with Crippen LogP contribution in [0.25, 0.3) is 11.1 Å². The molecule has 0 bridgehead atoms. The molecule has 0 fully saturated rings. The summed E-state index contributed by atoms with van der Waals surface area (Å²) in [7, 11) is 0. The van der Waals surface area contributed by atoms with Gasteiger partial charge in [0.25, 0.3) is 5.22 Å². The van der Waals surface area contributed by atoms with Crippen molar-refractivity contribution < 1.29 is 4.42 Å². The summed E-state index contributed by atoms with van der Waals surface area (Å²) in [4.78, 5) is 8.94. The first-order chi connectivity index (χ1) is 10.3. The normalized spacial score (nSPS) is 14.2. The molecule has 0 saturated carbocycles. The van der Waals surface area contributed by atoms with Gasteiger partial charge in [-0.05, 0) is 30.7 Å². The highest BCUT2D eigenvalue weighted by molar-refractivity contribution is 7.99. The molecule has 2 heterocycles. The summed E-state index contributed by atoms with van der Waals surface area (Å²) in [6, 6.07) is 13.6. The van der Waals surface area contributed by atoms with Crippen LogP contribution in [-0.2, 0) is 0 Å². The highest BCUT2D eigenvalue weighted by Gasteiger charge is 2.23. The van der Waals surface area contributed by atoms with Gasteiger partial charge in [0, 0.05) is 12.2 Å². The second kappa shape index (κ2) is 6.28. The van der Waals surface area contributed by atoms with Gasteiger partial charge < -0.3 is 10.2 Å². The van der Waals surface area contributed by atoms with Gasteiger partial charge in [-0.2, -0.15) is 0 Å². The number of thioether (sulfide) groups is 1. The quantitative estimate of drug-likeness (QED) is 0.726. The molecule has 5 heteroatoms. The van der Waals surface area contributed by atoms with Crippen molar-refractivity contribution in [1.82, 2.24) is 9.97 Å². The molecular formula is C16H17N3OS. The number of oxazole rings is 1. The molecule has 0 aliphatic carbocycles. The second-order valence-electron chi connectivity index (χ2n) is 4.81. The minimum absolute atomic E-state index is 0.0000813. The second-order valence-corrected chi connectivity index (χ2v) is 5.91. The van der Waals surface area contributed by atoms with Gasteiger partial charge in [-0.25, -0.2) is 4.98 Å². The summed E-state index contributed by atoms with van der Waals surface area (Å²) in [6.07, 6.45) is 2.66. The SMILES string of the molecule is CCC(N)C(Sc1nc2ccccc2o1)c1ccccn1. The summed E-state index contributed by atoms with van der Waals surface area (Å²) in [6.45, 7) is 2.08. The molecule has 2 atom stereocenters. The maximum absolute atomic E-state index is 6.26. The topological polar surface area (TPSA) is 64.9 Å². The van der Waals surface area contributed by atoms with Crippen LogP contribution in [0.2, 0.25) is 0 Å². The van der Waals surface area contributed by atoms with E-state index in [1.807, 2.05) is 42.5 Å². The molecule has 21 heavy (non-hydrogen) atoms. The molecule has 3 aromatic rings. The molecule has 2 aromatic heterocycles. The lowest BCUT2D eigenvalue weighted by Crippen LogP contribution is -2.26. The smallest absolute Gasteiger partial charge is 0.257 e. The first-order valence-corrected chi connectivity index (χ1v) is 7.84. The monoisotopic (exact) mass is 299 g/mol. The lowest BCUT2D eigenvalue weighted by molar-refractivity contribution is 0.485. The Morgan fingerprint density at radius 1 is 1.19 bits per heavy atom. The molecular weight excluding hydrogens is 282 g/mol. The average molecular weight is 299 g/mol. The highest BCUT2D eigenvalue weighted by atomic mass is 32.2. The first-order valence-electron chi connectivity index (χ1n) is 6.96. The van der Waals surface area contributed by atoms with Gasteiger partial charge in [-0.1, -0.05) is 36.9 Å². The lowest BCUT2D eigenvalue weighted by atomic mass is 10.1. The van der Waals surface area contributed by atoms with E-state index in [2.05, 4.69) is 16.9 Å². The van der Waals surface area contributed by atoms with Crippen molar-refractivity contribution in [3.8, 4) is 0 Å². The number of nitrogens with zero attached hydrogens (tertiary/aromatic N) is 2. The Kier molecular flexibility index (Phi) is 4.22. The van der Waals surface area contributed by atoms with Gasteiger partial charge in [0.15, 0.2) is 5.58 Å². The molecule has 3 rings (SSSR count). The van der Waals surface area contributed by atoms with Crippen molar-refractivity contribution in [2.45, 2.75) is 29.9 Å². The Bertz CT molecular complexity index is 681. The van der Waals surface area contributed by atoms with Crippen molar-refractivity contribution >= 4 is 22.9 Å². The van der Waals surface area contributed by atoms with Crippen LogP contribution in [0, 0.1) is 0 Å². The fourth-order valence-corrected chi connectivity index (χ4v) is 3.27. The third kappa shape index (κ3) is 3.09. The summed E-state index contributed by atoms with van der Waals surface area (Å²) in [5, 5.41) is 0.667. The van der Waals surface area contributed by atoms with Crippen LogP contribution in [0.3, 0.4) is 0 Å². The molecule has 0 saturated heterocycles. The largest absolute Gasteiger partial charge is 0.431 e. The maximum Gasteiger partial charge on any atom is 0.257 e. The lowest BCUT2D eigenvalue weighted by Gasteiger charge is -2.20. The molecule has 108 valence electrons. The average Bonchev–Trinajstić information content (AvgIpc) is 2.95. The van der Waals surface area contributed by atoms with Crippen molar-refractivity contribution in [3.63, 3.8) is 0 Å². The molecule has 0 radical (unpaired) electrons. The van der Waals surface area contributed by atoms with E-state index < -0.39 is 0 Å². The fourth-order valence-electron chi connectivity index (χ4n) is 2.14. The van der Waals surface area contributed by atoms with E-state index in [1.54, 1.807) is 6.20 Å². The molecule has 0 aliphatic heterocycles. The number of hydrogen-bond donors (Lipinski definition) is 1. The summed E-state index contributed by atoms with van der Waals surface area (Å²) >= 11 is 1.53. The number of hydrogen-bond acceptors (Lipinski definition) is 5. The number of nitrogens with two attached hydrogens (primary N) is 1. The number of rotatable bonds is 5. The predicted octanol–water partition coefficient (Wildman–Crippen LogP) is 3.79. The van der Waals surface area contributed by atoms with Gasteiger partial charge in [-0.15, -0.1) is 0 Å². The van der Waals surface area contributed by atoms with E-state index in [4.69, 9.17) is 10.2 Å². The van der Waals surface area contributed by atoms with E-state index in [0.717, 1.165) is 23.2 Å². The zero-order chi connectivity index (χ0) is 14.7. The van der Waals surface area contributed by atoms with Crippen molar-refractivity contribution in [2.24, 2.45) is 5.73 Å². The van der Waals surface area contributed by atoms with E-state index >= 15 is 0 Å². The summed E-state index contributed by atoms with van der Waals surface area (Å²) < 4.78 is 5.78. The van der Waals surface area contributed by atoms with Crippen molar-refractivity contribution in [1.29, 1.82) is 0 Å². The summed E-state index contributed by atoms with van der Waals surface area (Å²) in [5.41, 5.74) is 8.88. The number of para-hydroxylation sites is 2. The Labute approximate surface area is 127 Å². The third-order valence-electron chi connectivity index (χ3n) is 3.34. The van der Waals surface area contributed by atoms with Crippen LogP contribution < -0.4 is 5.73 Å². The van der Waals surface area contributed by atoms with Crippen LogP contribution in [0.1, 0.15) is 24.3 Å². The van der Waals surface area contributed by atoms with Gasteiger partial charge in [-0.3, -0.25) is 4.98 Å². The Balaban J connectivity index is 1.90. The van der Waals surface area contributed by atoms with Crippen LogP contribution in [-0.4, -0.2) is 16.0 Å². The van der Waals surface area contributed by atoms with Gasteiger partial charge >= 0.3 is 0 Å². The Hall–Kier alpha value is -1.85. The number of aromatic nitrogens is 2.